The largest absolute Gasteiger partial charge is 0.478 e. The van der Waals surface area contributed by atoms with Gasteiger partial charge in [0.2, 0.25) is 0 Å². The zero-order valence-electron chi connectivity index (χ0n) is 8.93. The molecular formula is C12H7BrFNO3. The third-order valence-corrected chi connectivity index (χ3v) is 2.98. The molecule has 0 saturated carbocycles. The van der Waals surface area contributed by atoms with Crippen molar-refractivity contribution in [3.05, 3.63) is 62.7 Å². The Balaban J connectivity index is 2.75. The minimum atomic E-state index is -1.18. The summed E-state index contributed by atoms with van der Waals surface area (Å²) in [6.07, 6.45) is 1.09. The molecule has 0 atom stereocenters. The molecule has 1 aromatic heterocycles. The second-order valence-electron chi connectivity index (χ2n) is 3.50. The lowest BCUT2D eigenvalue weighted by Gasteiger charge is -2.09. The monoisotopic (exact) mass is 311 g/mol. The van der Waals surface area contributed by atoms with E-state index in [9.17, 15) is 14.0 Å². The van der Waals surface area contributed by atoms with Crippen LogP contribution in [0, 0.1) is 5.82 Å². The third-order valence-electron chi connectivity index (χ3n) is 2.34. The van der Waals surface area contributed by atoms with Crippen LogP contribution < -0.4 is 5.56 Å². The molecule has 0 aliphatic rings. The van der Waals surface area contributed by atoms with E-state index in [2.05, 4.69) is 15.9 Å². The second-order valence-corrected chi connectivity index (χ2v) is 4.36. The van der Waals surface area contributed by atoms with E-state index in [-0.39, 0.29) is 11.3 Å². The van der Waals surface area contributed by atoms with Gasteiger partial charge in [-0.1, -0.05) is 6.07 Å². The molecule has 18 heavy (non-hydrogen) atoms. The van der Waals surface area contributed by atoms with E-state index in [0.717, 1.165) is 16.8 Å². The van der Waals surface area contributed by atoms with Gasteiger partial charge in [0.25, 0.3) is 5.56 Å². The molecule has 0 amide bonds. The summed E-state index contributed by atoms with van der Waals surface area (Å²) in [5.74, 6) is -1.80. The molecule has 0 saturated heterocycles. The van der Waals surface area contributed by atoms with Crippen molar-refractivity contribution in [3.8, 4) is 5.69 Å². The van der Waals surface area contributed by atoms with Crippen LogP contribution in [0.3, 0.4) is 0 Å². The minimum absolute atomic E-state index is 0.00870. The molecule has 92 valence electrons. The first-order chi connectivity index (χ1) is 8.50. The number of hydrogen-bond acceptors (Lipinski definition) is 2. The Hall–Kier alpha value is -1.95. The van der Waals surface area contributed by atoms with Crippen LogP contribution in [-0.4, -0.2) is 15.6 Å². The second kappa shape index (κ2) is 4.73. The maximum atomic E-state index is 13.7. The highest BCUT2D eigenvalue weighted by Gasteiger charge is 2.12. The molecule has 0 aliphatic carbocycles. The summed E-state index contributed by atoms with van der Waals surface area (Å²) in [4.78, 5) is 22.5. The number of halogens is 2. The quantitative estimate of drug-likeness (QED) is 0.926. The molecule has 2 rings (SSSR count). The molecule has 2 aromatic rings. The van der Waals surface area contributed by atoms with Crippen LogP contribution in [0.2, 0.25) is 0 Å². The lowest BCUT2D eigenvalue weighted by molar-refractivity contribution is 0.0696. The number of benzene rings is 1. The van der Waals surface area contributed by atoms with Crippen molar-refractivity contribution >= 4 is 21.9 Å². The van der Waals surface area contributed by atoms with E-state index >= 15 is 0 Å². The van der Waals surface area contributed by atoms with Gasteiger partial charge >= 0.3 is 5.97 Å². The number of carbonyl (C=O) groups is 1. The molecule has 0 unspecified atom stereocenters. The smallest absolute Gasteiger partial charge is 0.337 e. The van der Waals surface area contributed by atoms with E-state index in [1.54, 1.807) is 6.07 Å². The van der Waals surface area contributed by atoms with Gasteiger partial charge in [0.1, 0.15) is 5.82 Å². The van der Waals surface area contributed by atoms with Gasteiger partial charge in [-0.15, -0.1) is 0 Å². The van der Waals surface area contributed by atoms with Crippen LogP contribution in [0.15, 0.2) is 45.8 Å². The lowest BCUT2D eigenvalue weighted by Crippen LogP contribution is -2.19. The highest BCUT2D eigenvalue weighted by Crippen LogP contribution is 2.22. The average Bonchev–Trinajstić information content (AvgIpc) is 2.30. The fourth-order valence-corrected chi connectivity index (χ4v) is 2.04. The number of pyridine rings is 1. The van der Waals surface area contributed by atoms with Gasteiger partial charge in [-0.3, -0.25) is 9.36 Å². The number of rotatable bonds is 2. The average molecular weight is 312 g/mol. The molecule has 0 bridgehead atoms. The summed E-state index contributed by atoms with van der Waals surface area (Å²) < 4.78 is 15.0. The van der Waals surface area contributed by atoms with Gasteiger partial charge in [-0.05, 0) is 34.1 Å². The van der Waals surface area contributed by atoms with Crippen molar-refractivity contribution in [1.29, 1.82) is 0 Å². The number of aromatic carboxylic acids is 1. The summed E-state index contributed by atoms with van der Waals surface area (Å²) in [5.41, 5.74) is -0.610. The van der Waals surface area contributed by atoms with Crippen LogP contribution in [0.1, 0.15) is 10.4 Å². The molecule has 1 heterocycles. The maximum Gasteiger partial charge on any atom is 0.337 e. The zero-order chi connectivity index (χ0) is 13.3. The Bertz CT molecular complexity index is 661. The molecule has 0 aliphatic heterocycles. The number of carboxylic acid groups (broad SMARTS) is 1. The van der Waals surface area contributed by atoms with Crippen LogP contribution in [0.4, 0.5) is 4.39 Å². The lowest BCUT2D eigenvalue weighted by atomic mass is 10.2. The van der Waals surface area contributed by atoms with Gasteiger partial charge in [-0.2, -0.15) is 0 Å². The Morgan fingerprint density at radius 2 is 2.00 bits per heavy atom. The normalized spacial score (nSPS) is 10.3. The highest BCUT2D eigenvalue weighted by atomic mass is 79.9. The first-order valence-electron chi connectivity index (χ1n) is 4.91. The minimum Gasteiger partial charge on any atom is -0.478 e. The number of nitrogens with zero attached hydrogens (tertiary/aromatic N) is 1. The summed E-state index contributed by atoms with van der Waals surface area (Å²) in [7, 11) is 0. The number of carboxylic acids is 1. The standard InChI is InChI=1S/C12H7BrFNO3/c13-8-2-1-3-9(14)11(8)15-6-7(12(17)18)4-5-10(15)16/h1-6H,(H,17,18). The van der Waals surface area contributed by atoms with Gasteiger partial charge < -0.3 is 5.11 Å². The van der Waals surface area contributed by atoms with Gasteiger partial charge in [0, 0.05) is 16.7 Å². The molecule has 1 aromatic carbocycles. The SMILES string of the molecule is O=C(O)c1ccc(=O)n(-c2c(F)cccc2Br)c1. The van der Waals surface area contributed by atoms with Gasteiger partial charge in [0.15, 0.2) is 0 Å². The molecule has 0 fully saturated rings. The van der Waals surface area contributed by atoms with Gasteiger partial charge in [-0.25, -0.2) is 9.18 Å². The predicted molar refractivity (Wildman–Crippen MR) is 66.7 cm³/mol. The summed E-state index contributed by atoms with van der Waals surface area (Å²) in [6.45, 7) is 0. The fourth-order valence-electron chi connectivity index (χ4n) is 1.51. The van der Waals surface area contributed by atoms with E-state index in [4.69, 9.17) is 5.11 Å². The van der Waals surface area contributed by atoms with E-state index in [1.165, 1.54) is 18.2 Å². The number of para-hydroxylation sites is 1. The van der Waals surface area contributed by atoms with E-state index in [0.29, 0.717) is 4.47 Å². The predicted octanol–water partition coefficient (Wildman–Crippen LogP) is 2.44. The summed E-state index contributed by atoms with van der Waals surface area (Å²) >= 11 is 3.13. The van der Waals surface area contributed by atoms with Crippen LogP contribution in [0.25, 0.3) is 5.69 Å². The molecule has 0 spiro atoms. The van der Waals surface area contributed by atoms with Crippen LogP contribution in [0.5, 0.6) is 0 Å². The first kappa shape index (κ1) is 12.5. The van der Waals surface area contributed by atoms with Crippen molar-refractivity contribution in [2.24, 2.45) is 0 Å². The van der Waals surface area contributed by atoms with Crippen molar-refractivity contribution in [1.82, 2.24) is 4.57 Å². The Morgan fingerprint density at radius 1 is 1.28 bits per heavy atom. The summed E-state index contributed by atoms with van der Waals surface area (Å²) in [5, 5.41) is 8.86. The summed E-state index contributed by atoms with van der Waals surface area (Å²) in [6, 6.07) is 6.51. The van der Waals surface area contributed by atoms with Crippen LogP contribution >= 0.6 is 15.9 Å². The van der Waals surface area contributed by atoms with Crippen molar-refractivity contribution in [2.45, 2.75) is 0 Å². The Kier molecular flexibility index (Phi) is 3.29. The molecule has 1 N–H and O–H groups in total. The number of hydrogen-bond donors (Lipinski definition) is 1. The Morgan fingerprint density at radius 3 is 2.61 bits per heavy atom. The zero-order valence-corrected chi connectivity index (χ0v) is 10.5. The number of aromatic nitrogens is 1. The van der Waals surface area contributed by atoms with Crippen molar-refractivity contribution in [3.63, 3.8) is 0 Å². The molecule has 6 heteroatoms. The highest BCUT2D eigenvalue weighted by molar-refractivity contribution is 9.10. The Labute approximate surface area is 109 Å². The molecule has 4 nitrogen and oxygen atoms in total. The van der Waals surface area contributed by atoms with E-state index in [1.807, 2.05) is 0 Å². The van der Waals surface area contributed by atoms with Gasteiger partial charge in [0.05, 0.1) is 11.3 Å². The topological polar surface area (TPSA) is 59.3 Å². The molecular weight excluding hydrogens is 305 g/mol. The van der Waals surface area contributed by atoms with Crippen LogP contribution in [-0.2, 0) is 0 Å². The van der Waals surface area contributed by atoms with Crippen molar-refractivity contribution in [2.75, 3.05) is 0 Å². The molecule has 0 radical (unpaired) electrons. The van der Waals surface area contributed by atoms with Crippen molar-refractivity contribution < 1.29 is 14.3 Å². The fraction of sp³-hybridized carbons (Fsp3) is 0. The third kappa shape index (κ3) is 2.19. The first-order valence-corrected chi connectivity index (χ1v) is 5.70. The van der Waals surface area contributed by atoms with E-state index < -0.39 is 17.3 Å². The maximum absolute atomic E-state index is 13.7.